The van der Waals surface area contributed by atoms with E-state index in [-0.39, 0.29) is 82.0 Å². The van der Waals surface area contributed by atoms with Crippen molar-refractivity contribution in [3.63, 3.8) is 0 Å². The Bertz CT molecular complexity index is 1940. The number of nitrogens with zero attached hydrogens (tertiary/aromatic N) is 2. The molecule has 15 heteroatoms. The lowest BCUT2D eigenvalue weighted by Gasteiger charge is -2.60. The highest BCUT2D eigenvalue weighted by atomic mass is 16.7. The van der Waals surface area contributed by atoms with Crippen molar-refractivity contribution in [2.45, 2.75) is 134 Å². The second kappa shape index (κ2) is 28.7. The molecule has 2 aromatic rings. The Kier molecular flexibility index (Phi) is 22.9. The number of aliphatic hydroxyl groups excluding tert-OH is 3. The van der Waals surface area contributed by atoms with E-state index in [9.17, 15) is 24.9 Å². The van der Waals surface area contributed by atoms with E-state index >= 15 is 0 Å². The number of carbonyl (C=O) groups is 2. The number of anilines is 1. The number of fused-ring (bicyclic) bond motifs is 2. The number of carbonyl (C=O) groups excluding carboxylic acids is 2. The minimum Gasteiger partial charge on any atom is -0.497 e. The summed E-state index contributed by atoms with van der Waals surface area (Å²) in [6.07, 6.45) is 18.2. The molecule has 0 aromatic heterocycles. The highest BCUT2D eigenvalue weighted by Crippen LogP contribution is 2.62. The minimum absolute atomic E-state index is 0.0184. The van der Waals surface area contributed by atoms with Crippen LogP contribution in [-0.2, 0) is 19.1 Å². The molecular weight excluding hydrogens is 871 g/mol. The van der Waals surface area contributed by atoms with Crippen LogP contribution in [0.1, 0.15) is 128 Å². The van der Waals surface area contributed by atoms with E-state index in [1.165, 1.54) is 46.3 Å². The summed E-state index contributed by atoms with van der Waals surface area (Å²) in [4.78, 5) is 35.9. The van der Waals surface area contributed by atoms with Crippen LogP contribution in [0.4, 0.5) is 10.5 Å². The Balaban J connectivity index is 1.61. The number of nitrogens with one attached hydrogen (secondary N) is 1. The number of hydrogen-bond donors (Lipinski definition) is 4. The van der Waals surface area contributed by atoms with Gasteiger partial charge in [0.2, 0.25) is 11.7 Å². The molecule has 2 aliphatic carbocycles. The molecule has 2 aromatic carbocycles. The van der Waals surface area contributed by atoms with Gasteiger partial charge >= 0.3 is 6.09 Å². The van der Waals surface area contributed by atoms with Gasteiger partial charge in [0.1, 0.15) is 36.1 Å². The average Bonchev–Trinajstić information content (AvgIpc) is 3.34. The maximum absolute atomic E-state index is 14.8. The standard InChI is InChI=1S/C53H79N3O12/c1-6-8-9-10-11-12-13-14-15-22-49(60)56(27-32-65-33-30-59)48-37-45(55-64-5)42-34-38(20-16-18-28-57)41(21-17-19-29-58)50-43-35-40(24-26-46(43)68-53(48,51(42)50)66-31-7-2)67-52(61)54-44-25-23-39(62-3)36-47(44)63-4/h7,23-26,34-36,38,41,48,50-51,57-59H,2,6,8-22,27-33,37H2,1,3-5H3,(H,54,61)/t38-,41+,48-,50+,51+,53+/m0/s1. The zero-order valence-electron chi connectivity index (χ0n) is 41.1. The van der Waals surface area contributed by atoms with Gasteiger partial charge in [0, 0.05) is 50.1 Å². The van der Waals surface area contributed by atoms with E-state index < -0.39 is 23.8 Å². The summed E-state index contributed by atoms with van der Waals surface area (Å²) in [6.45, 7) is 6.89. The molecule has 68 heavy (non-hydrogen) atoms. The van der Waals surface area contributed by atoms with Gasteiger partial charge in [-0.05, 0) is 79.8 Å². The van der Waals surface area contributed by atoms with Gasteiger partial charge in [-0.25, -0.2) is 4.79 Å². The number of unbranched alkanes of at least 4 members (excludes halogenated alkanes) is 10. The quantitative estimate of drug-likeness (QED) is 0.0310. The van der Waals surface area contributed by atoms with Gasteiger partial charge < -0.3 is 53.5 Å². The van der Waals surface area contributed by atoms with Crippen LogP contribution in [0.2, 0.25) is 0 Å². The first kappa shape index (κ1) is 54.3. The molecule has 0 saturated heterocycles. The number of methoxy groups -OCH3 is 2. The Morgan fingerprint density at radius 3 is 2.26 bits per heavy atom. The smallest absolute Gasteiger partial charge is 0.417 e. The van der Waals surface area contributed by atoms with E-state index in [0.717, 1.165) is 62.5 Å². The summed E-state index contributed by atoms with van der Waals surface area (Å²) in [5, 5.41) is 37.0. The van der Waals surface area contributed by atoms with Crippen molar-refractivity contribution >= 4 is 23.4 Å². The number of amides is 2. The summed E-state index contributed by atoms with van der Waals surface area (Å²) >= 11 is 0. The van der Waals surface area contributed by atoms with Gasteiger partial charge in [0.25, 0.3) is 0 Å². The molecule has 1 heterocycles. The summed E-state index contributed by atoms with van der Waals surface area (Å²) in [7, 11) is 4.58. The molecule has 3 aliphatic rings. The topological polar surface area (TPSA) is 187 Å². The number of rotatable bonds is 32. The lowest BCUT2D eigenvalue weighted by atomic mass is 9.55. The molecule has 1 aliphatic heterocycles. The third kappa shape index (κ3) is 14.2. The Hall–Kier alpha value is -4.67. The number of ether oxygens (including phenoxy) is 6. The normalized spacial score (nSPS) is 22.0. The third-order valence-electron chi connectivity index (χ3n) is 13.6. The number of aliphatic hydroxyl groups is 3. The Morgan fingerprint density at radius 1 is 0.868 bits per heavy atom. The summed E-state index contributed by atoms with van der Waals surface area (Å²) in [6, 6.07) is 9.71. The van der Waals surface area contributed by atoms with Gasteiger partial charge in [0.15, 0.2) is 0 Å². The SMILES string of the molecule is C=CCO[C@@]12Oc3ccc(OC(=O)Nc4ccc(OC)cc4OC)cc3[C@H]3[C@H](CCCCO)[C@@H](CCCCO)C=C(C(=NOC)C[C@@H]1N(CCOCCO)C(=O)CCCCCCCCCCC)[C@H]32. The molecule has 0 radical (unpaired) electrons. The van der Waals surface area contributed by atoms with E-state index in [4.69, 9.17) is 33.3 Å². The molecule has 1 saturated carbocycles. The summed E-state index contributed by atoms with van der Waals surface area (Å²) in [5.41, 5.74) is 2.78. The molecule has 1 fully saturated rings. The van der Waals surface area contributed by atoms with Crippen molar-refractivity contribution in [2.24, 2.45) is 22.9 Å². The average molecular weight is 950 g/mol. The van der Waals surface area contributed by atoms with Crippen molar-refractivity contribution in [3.8, 4) is 23.0 Å². The molecule has 378 valence electrons. The molecule has 0 unspecified atom stereocenters. The largest absolute Gasteiger partial charge is 0.497 e. The van der Waals surface area contributed by atoms with Crippen molar-refractivity contribution in [3.05, 3.63) is 66.3 Å². The first-order valence-electron chi connectivity index (χ1n) is 25.0. The van der Waals surface area contributed by atoms with Crippen LogP contribution in [0.3, 0.4) is 0 Å². The fourth-order valence-corrected chi connectivity index (χ4v) is 10.5. The van der Waals surface area contributed by atoms with Crippen LogP contribution in [0.5, 0.6) is 23.0 Å². The Labute approximate surface area is 404 Å². The number of oxime groups is 1. The van der Waals surface area contributed by atoms with Gasteiger partial charge in [-0.2, -0.15) is 0 Å². The fraction of sp³-hybridized carbons (Fsp3) is 0.642. The van der Waals surface area contributed by atoms with Crippen LogP contribution in [0.25, 0.3) is 0 Å². The van der Waals surface area contributed by atoms with Crippen molar-refractivity contribution < 1.29 is 58.2 Å². The molecule has 0 spiro atoms. The van der Waals surface area contributed by atoms with Crippen LogP contribution in [-0.4, -0.2) is 117 Å². The number of allylic oxidation sites excluding steroid dienone is 1. The first-order valence-corrected chi connectivity index (χ1v) is 25.0. The predicted octanol–water partition coefficient (Wildman–Crippen LogP) is 9.34. The first-order chi connectivity index (χ1) is 33.2. The number of benzene rings is 2. The maximum atomic E-state index is 14.8. The zero-order valence-corrected chi connectivity index (χ0v) is 41.1. The molecule has 15 nitrogen and oxygen atoms in total. The Morgan fingerprint density at radius 2 is 1.59 bits per heavy atom. The highest BCUT2D eigenvalue weighted by molar-refractivity contribution is 6.03. The van der Waals surface area contributed by atoms with Gasteiger partial charge in [0.05, 0.1) is 58.0 Å². The van der Waals surface area contributed by atoms with E-state index in [1.807, 2.05) is 11.0 Å². The minimum atomic E-state index is -1.45. The predicted molar refractivity (Wildman–Crippen MR) is 263 cm³/mol. The van der Waals surface area contributed by atoms with E-state index in [2.05, 4.69) is 30.1 Å². The van der Waals surface area contributed by atoms with Gasteiger partial charge in [-0.15, -0.1) is 6.58 Å². The van der Waals surface area contributed by atoms with Crippen molar-refractivity contribution in [1.29, 1.82) is 0 Å². The maximum Gasteiger partial charge on any atom is 0.417 e. The molecule has 5 rings (SSSR count). The third-order valence-corrected chi connectivity index (χ3v) is 13.6. The van der Waals surface area contributed by atoms with Gasteiger partial charge in [-0.1, -0.05) is 88.4 Å². The van der Waals surface area contributed by atoms with Crippen LogP contribution < -0.4 is 24.3 Å². The summed E-state index contributed by atoms with van der Waals surface area (Å²) < 4.78 is 37.1. The van der Waals surface area contributed by atoms with Crippen molar-refractivity contribution in [2.75, 3.05) is 72.8 Å². The molecule has 0 bridgehead atoms. The number of hydrogen-bond acceptors (Lipinski definition) is 13. The lowest BCUT2D eigenvalue weighted by Crippen LogP contribution is -2.70. The van der Waals surface area contributed by atoms with Crippen LogP contribution in [0.15, 0.2) is 65.9 Å². The van der Waals surface area contributed by atoms with E-state index in [1.54, 1.807) is 43.5 Å². The van der Waals surface area contributed by atoms with Crippen LogP contribution >= 0.6 is 0 Å². The highest BCUT2D eigenvalue weighted by Gasteiger charge is 2.65. The van der Waals surface area contributed by atoms with Crippen LogP contribution in [0, 0.1) is 17.8 Å². The second-order valence-corrected chi connectivity index (χ2v) is 18.0. The zero-order chi connectivity index (χ0) is 48.7. The molecule has 6 atom stereocenters. The van der Waals surface area contributed by atoms with Gasteiger partial charge in [-0.3, -0.25) is 10.1 Å². The second-order valence-electron chi connectivity index (χ2n) is 18.0. The van der Waals surface area contributed by atoms with E-state index in [0.29, 0.717) is 47.9 Å². The monoisotopic (exact) mass is 950 g/mol. The molecule has 2 amide bonds. The molecule has 4 N–H and O–H groups in total. The fourth-order valence-electron chi connectivity index (χ4n) is 10.5. The summed E-state index contributed by atoms with van der Waals surface area (Å²) in [5.74, 6) is -0.590. The van der Waals surface area contributed by atoms with Crippen molar-refractivity contribution in [1.82, 2.24) is 4.90 Å². The lowest BCUT2D eigenvalue weighted by molar-refractivity contribution is -0.258. The molecular formula is C53H79N3O12.